The summed E-state index contributed by atoms with van der Waals surface area (Å²) in [5.41, 5.74) is 1.50. The SMILES string of the molecule is CCS(=O)CCNc1cc2c(cc1[N+](=O)[O-])CC(=O)N2. The van der Waals surface area contributed by atoms with Crippen molar-refractivity contribution in [2.75, 3.05) is 28.7 Å². The molecule has 0 fully saturated rings. The molecule has 1 heterocycles. The maximum Gasteiger partial charge on any atom is 0.292 e. The number of anilines is 2. The minimum Gasteiger partial charge on any atom is -0.379 e. The van der Waals surface area contributed by atoms with Crippen LogP contribution in [0.4, 0.5) is 17.1 Å². The van der Waals surface area contributed by atoms with Gasteiger partial charge < -0.3 is 10.6 Å². The predicted molar refractivity (Wildman–Crippen MR) is 77.5 cm³/mol. The van der Waals surface area contributed by atoms with E-state index in [4.69, 9.17) is 0 Å². The van der Waals surface area contributed by atoms with Gasteiger partial charge in [0.1, 0.15) is 5.69 Å². The fourth-order valence-corrected chi connectivity index (χ4v) is 2.62. The lowest BCUT2D eigenvalue weighted by Crippen LogP contribution is -2.13. The number of rotatable bonds is 6. The van der Waals surface area contributed by atoms with Crippen molar-refractivity contribution >= 4 is 33.8 Å². The van der Waals surface area contributed by atoms with E-state index in [1.54, 1.807) is 6.07 Å². The zero-order valence-corrected chi connectivity index (χ0v) is 11.8. The molecule has 1 unspecified atom stereocenters. The third-order valence-electron chi connectivity index (χ3n) is 3.01. The molecular weight excluding hydrogens is 282 g/mol. The summed E-state index contributed by atoms with van der Waals surface area (Å²) in [5, 5.41) is 16.6. The molecule has 0 bridgehead atoms. The maximum atomic E-state index is 11.3. The monoisotopic (exact) mass is 297 g/mol. The molecule has 1 aromatic carbocycles. The molecule has 108 valence electrons. The van der Waals surface area contributed by atoms with E-state index in [0.717, 1.165) is 0 Å². The quantitative estimate of drug-likeness (QED) is 0.608. The third-order valence-corrected chi connectivity index (χ3v) is 4.31. The Morgan fingerprint density at radius 2 is 2.25 bits per heavy atom. The number of fused-ring (bicyclic) bond motifs is 1. The van der Waals surface area contributed by atoms with E-state index in [9.17, 15) is 19.1 Å². The summed E-state index contributed by atoms with van der Waals surface area (Å²) in [7, 11) is -0.925. The molecule has 1 aliphatic rings. The number of amides is 1. The molecular formula is C12H15N3O4S. The Kier molecular flexibility index (Phi) is 4.33. The Labute approximate surface area is 118 Å². The first-order chi connectivity index (χ1) is 9.51. The zero-order chi connectivity index (χ0) is 14.7. The highest BCUT2D eigenvalue weighted by atomic mass is 32.2. The summed E-state index contributed by atoms with van der Waals surface area (Å²) in [6.45, 7) is 2.21. The van der Waals surface area contributed by atoms with Gasteiger partial charge in [0.25, 0.3) is 5.69 Å². The normalized spacial score (nSPS) is 14.6. The second-order valence-corrected chi connectivity index (χ2v) is 6.23. The second-order valence-electron chi connectivity index (χ2n) is 4.37. The van der Waals surface area contributed by atoms with Crippen molar-refractivity contribution in [2.45, 2.75) is 13.3 Å². The highest BCUT2D eigenvalue weighted by Gasteiger charge is 2.24. The van der Waals surface area contributed by atoms with Gasteiger partial charge in [-0.05, 0) is 11.6 Å². The molecule has 0 saturated carbocycles. The van der Waals surface area contributed by atoms with Gasteiger partial charge in [0.05, 0.1) is 11.3 Å². The summed E-state index contributed by atoms with van der Waals surface area (Å²) in [5.74, 6) is 0.819. The van der Waals surface area contributed by atoms with Gasteiger partial charge in [-0.1, -0.05) is 6.92 Å². The van der Waals surface area contributed by atoms with Crippen LogP contribution in [0.1, 0.15) is 12.5 Å². The number of carbonyl (C=O) groups is 1. The zero-order valence-electron chi connectivity index (χ0n) is 11.0. The second kappa shape index (κ2) is 6.00. The van der Waals surface area contributed by atoms with Crippen molar-refractivity contribution in [3.05, 3.63) is 27.8 Å². The first-order valence-electron chi connectivity index (χ1n) is 6.21. The first kappa shape index (κ1) is 14.4. The first-order valence-corrected chi connectivity index (χ1v) is 7.70. The van der Waals surface area contributed by atoms with Crippen LogP contribution in [0.3, 0.4) is 0 Å². The van der Waals surface area contributed by atoms with Gasteiger partial charge in [0.2, 0.25) is 5.91 Å². The van der Waals surface area contributed by atoms with Crippen molar-refractivity contribution in [1.29, 1.82) is 0 Å². The molecule has 1 aromatic rings. The number of nitrogens with one attached hydrogen (secondary N) is 2. The molecule has 20 heavy (non-hydrogen) atoms. The van der Waals surface area contributed by atoms with E-state index in [-0.39, 0.29) is 18.0 Å². The van der Waals surface area contributed by atoms with Crippen LogP contribution in [0.2, 0.25) is 0 Å². The van der Waals surface area contributed by atoms with E-state index in [1.807, 2.05) is 6.92 Å². The molecule has 1 aliphatic heterocycles. The van der Waals surface area contributed by atoms with Crippen LogP contribution in [-0.2, 0) is 22.0 Å². The van der Waals surface area contributed by atoms with Crippen LogP contribution in [0, 0.1) is 10.1 Å². The van der Waals surface area contributed by atoms with Crippen molar-refractivity contribution in [3.63, 3.8) is 0 Å². The van der Waals surface area contributed by atoms with Crippen molar-refractivity contribution < 1.29 is 13.9 Å². The van der Waals surface area contributed by atoms with E-state index < -0.39 is 15.7 Å². The molecule has 1 amide bonds. The smallest absolute Gasteiger partial charge is 0.292 e. The number of nitro benzene ring substituents is 1. The van der Waals surface area contributed by atoms with Crippen LogP contribution in [0.25, 0.3) is 0 Å². The molecule has 2 rings (SSSR count). The van der Waals surface area contributed by atoms with Gasteiger partial charge in [-0.3, -0.25) is 19.1 Å². The molecule has 0 radical (unpaired) electrons. The molecule has 0 aromatic heterocycles. The van der Waals surface area contributed by atoms with Crippen molar-refractivity contribution in [2.24, 2.45) is 0 Å². The van der Waals surface area contributed by atoms with Gasteiger partial charge in [-0.15, -0.1) is 0 Å². The molecule has 7 nitrogen and oxygen atoms in total. The van der Waals surface area contributed by atoms with Gasteiger partial charge in [-0.2, -0.15) is 0 Å². The number of hydrogen-bond acceptors (Lipinski definition) is 5. The highest BCUT2D eigenvalue weighted by molar-refractivity contribution is 7.84. The van der Waals surface area contributed by atoms with Crippen LogP contribution < -0.4 is 10.6 Å². The Hall–Kier alpha value is -1.96. The number of nitro groups is 1. The summed E-state index contributed by atoms with van der Waals surface area (Å²) in [6.07, 6.45) is 0.163. The van der Waals surface area contributed by atoms with Gasteiger partial charge in [0.15, 0.2) is 0 Å². The van der Waals surface area contributed by atoms with Crippen LogP contribution in [-0.4, -0.2) is 33.1 Å². The average Bonchev–Trinajstić information content (AvgIpc) is 2.76. The average molecular weight is 297 g/mol. The Morgan fingerprint density at radius 3 is 2.90 bits per heavy atom. The molecule has 0 saturated heterocycles. The number of hydrogen-bond donors (Lipinski definition) is 2. The summed E-state index contributed by atoms with van der Waals surface area (Å²) in [4.78, 5) is 21.9. The topological polar surface area (TPSA) is 101 Å². The summed E-state index contributed by atoms with van der Waals surface area (Å²) in [6, 6.07) is 2.97. The molecule has 2 N–H and O–H groups in total. The predicted octanol–water partition coefficient (Wildman–Crippen LogP) is 1.27. The lowest BCUT2D eigenvalue weighted by molar-refractivity contribution is -0.384. The number of nitrogens with zero attached hydrogens (tertiary/aromatic N) is 1. The Morgan fingerprint density at radius 1 is 1.50 bits per heavy atom. The fourth-order valence-electron chi connectivity index (χ4n) is 2.00. The standard InChI is InChI=1S/C12H15N3O4S/c1-2-20(19)4-3-13-10-7-9-8(6-12(16)14-9)5-11(10)15(17)18/h5,7,13H,2-4,6H2,1H3,(H,14,16). The lowest BCUT2D eigenvalue weighted by Gasteiger charge is -2.09. The largest absolute Gasteiger partial charge is 0.379 e. The van der Waals surface area contributed by atoms with Crippen LogP contribution >= 0.6 is 0 Å². The lowest BCUT2D eigenvalue weighted by atomic mass is 10.1. The molecule has 0 spiro atoms. The van der Waals surface area contributed by atoms with Crippen molar-refractivity contribution in [1.82, 2.24) is 0 Å². The minimum atomic E-state index is -0.925. The Bertz CT molecular complexity index is 588. The summed E-state index contributed by atoms with van der Waals surface area (Å²) >= 11 is 0. The third kappa shape index (κ3) is 3.13. The number of benzene rings is 1. The van der Waals surface area contributed by atoms with Crippen LogP contribution in [0.15, 0.2) is 12.1 Å². The van der Waals surface area contributed by atoms with Gasteiger partial charge >= 0.3 is 0 Å². The molecule has 0 aliphatic carbocycles. The van der Waals surface area contributed by atoms with E-state index >= 15 is 0 Å². The van der Waals surface area contributed by atoms with E-state index in [1.165, 1.54) is 6.07 Å². The van der Waals surface area contributed by atoms with Gasteiger partial charge in [0, 0.05) is 40.6 Å². The maximum absolute atomic E-state index is 11.3. The number of carbonyl (C=O) groups excluding carboxylic acids is 1. The Balaban J connectivity index is 2.19. The van der Waals surface area contributed by atoms with E-state index in [0.29, 0.717) is 35.0 Å². The van der Waals surface area contributed by atoms with Gasteiger partial charge in [-0.25, -0.2) is 0 Å². The highest BCUT2D eigenvalue weighted by Crippen LogP contribution is 2.34. The summed E-state index contributed by atoms with van der Waals surface area (Å²) < 4.78 is 11.3. The molecule has 1 atom stereocenters. The minimum absolute atomic E-state index is 0.0671. The fraction of sp³-hybridized carbons (Fsp3) is 0.417. The van der Waals surface area contributed by atoms with Crippen LogP contribution in [0.5, 0.6) is 0 Å². The molecule has 8 heteroatoms. The van der Waals surface area contributed by atoms with E-state index in [2.05, 4.69) is 10.6 Å². The van der Waals surface area contributed by atoms with Crippen molar-refractivity contribution in [3.8, 4) is 0 Å².